The zero-order valence-electron chi connectivity index (χ0n) is 8.29. The Hall–Kier alpha value is -1.32. The van der Waals surface area contributed by atoms with E-state index in [1.165, 1.54) is 0 Å². The van der Waals surface area contributed by atoms with Crippen LogP contribution in [0.1, 0.15) is 16.1 Å². The Morgan fingerprint density at radius 1 is 1.25 bits per heavy atom. The van der Waals surface area contributed by atoms with Crippen LogP contribution in [-0.4, -0.2) is 16.1 Å². The maximum absolute atomic E-state index is 10.9. The molecule has 0 aliphatic carbocycles. The minimum absolute atomic E-state index is 0.0332. The van der Waals surface area contributed by atoms with E-state index in [0.29, 0.717) is 21.1 Å². The highest BCUT2D eigenvalue weighted by molar-refractivity contribution is 6.42. The number of carboxylic acids is 1. The fraction of sp³-hybridized carbons (Fsp3) is 0.0909. The number of benzene rings is 1. The summed E-state index contributed by atoms with van der Waals surface area (Å²) in [5.74, 6) is -1.05. The normalized spacial score (nSPS) is 10.7. The van der Waals surface area contributed by atoms with Crippen molar-refractivity contribution < 1.29 is 9.90 Å². The summed E-state index contributed by atoms with van der Waals surface area (Å²) in [5, 5.41) is 10.5. The van der Waals surface area contributed by atoms with Gasteiger partial charge in [-0.25, -0.2) is 9.78 Å². The van der Waals surface area contributed by atoms with Gasteiger partial charge in [0.25, 0.3) is 0 Å². The van der Waals surface area contributed by atoms with E-state index in [2.05, 4.69) is 4.98 Å². The second-order valence-electron chi connectivity index (χ2n) is 3.42. The number of carboxylic acid groups (broad SMARTS) is 1. The monoisotopic (exact) mass is 255 g/mol. The molecule has 0 aliphatic heterocycles. The Bertz CT molecular complexity index is 596. The zero-order chi connectivity index (χ0) is 11.9. The van der Waals surface area contributed by atoms with Crippen molar-refractivity contribution in [3.8, 4) is 0 Å². The number of pyridine rings is 1. The van der Waals surface area contributed by atoms with Crippen molar-refractivity contribution in [1.29, 1.82) is 0 Å². The molecule has 0 saturated heterocycles. The maximum Gasteiger partial charge on any atom is 0.354 e. The highest BCUT2D eigenvalue weighted by Crippen LogP contribution is 2.27. The molecule has 82 valence electrons. The van der Waals surface area contributed by atoms with Gasteiger partial charge in [-0.15, -0.1) is 0 Å². The third-order valence-electron chi connectivity index (χ3n) is 2.25. The molecule has 0 bridgehead atoms. The first-order valence-corrected chi connectivity index (χ1v) is 5.24. The number of hydrogen-bond acceptors (Lipinski definition) is 2. The van der Waals surface area contributed by atoms with E-state index in [1.807, 2.05) is 0 Å². The van der Waals surface area contributed by atoms with Crippen LogP contribution in [0.2, 0.25) is 10.0 Å². The number of halogens is 2. The number of hydrogen-bond donors (Lipinski definition) is 1. The lowest BCUT2D eigenvalue weighted by Gasteiger charge is -2.04. The van der Waals surface area contributed by atoms with Gasteiger partial charge in [-0.3, -0.25) is 0 Å². The van der Waals surface area contributed by atoms with E-state index < -0.39 is 5.97 Å². The van der Waals surface area contributed by atoms with Gasteiger partial charge >= 0.3 is 5.97 Å². The third kappa shape index (κ3) is 1.84. The van der Waals surface area contributed by atoms with Crippen molar-refractivity contribution in [3.63, 3.8) is 0 Å². The Morgan fingerprint density at radius 2 is 1.88 bits per heavy atom. The molecule has 0 saturated carbocycles. The van der Waals surface area contributed by atoms with Crippen LogP contribution in [0.4, 0.5) is 0 Å². The average Bonchev–Trinajstić information content (AvgIpc) is 2.19. The minimum atomic E-state index is -1.05. The molecule has 0 radical (unpaired) electrons. The molecule has 1 aromatic carbocycles. The van der Waals surface area contributed by atoms with E-state index in [9.17, 15) is 4.79 Å². The number of fused-ring (bicyclic) bond motifs is 1. The van der Waals surface area contributed by atoms with E-state index in [-0.39, 0.29) is 5.69 Å². The summed E-state index contributed by atoms with van der Waals surface area (Å²) in [5.41, 5.74) is 1.15. The maximum atomic E-state index is 10.9. The first kappa shape index (κ1) is 11.2. The molecule has 0 aliphatic rings. The molecule has 0 fully saturated rings. The molecule has 16 heavy (non-hydrogen) atoms. The molecule has 2 aromatic rings. The second-order valence-corrected chi connectivity index (χ2v) is 4.23. The summed E-state index contributed by atoms with van der Waals surface area (Å²) in [7, 11) is 0. The number of aromatic carboxylic acids is 1. The fourth-order valence-corrected chi connectivity index (χ4v) is 1.82. The molecular formula is C11H7Cl2NO2. The van der Waals surface area contributed by atoms with Crippen molar-refractivity contribution >= 4 is 40.1 Å². The van der Waals surface area contributed by atoms with E-state index in [0.717, 1.165) is 5.39 Å². The van der Waals surface area contributed by atoms with Crippen LogP contribution in [0.25, 0.3) is 10.9 Å². The highest BCUT2D eigenvalue weighted by Gasteiger charge is 2.11. The van der Waals surface area contributed by atoms with Crippen LogP contribution in [0, 0.1) is 6.92 Å². The number of rotatable bonds is 1. The number of nitrogens with zero attached hydrogens (tertiary/aromatic N) is 1. The summed E-state index contributed by atoms with van der Waals surface area (Å²) in [6, 6.07) is 4.96. The van der Waals surface area contributed by atoms with Crippen molar-refractivity contribution in [2.75, 3.05) is 0 Å². The van der Waals surface area contributed by atoms with E-state index in [1.54, 1.807) is 25.1 Å². The SMILES string of the molecule is Cc1cc2cc(Cl)c(Cl)cc2nc1C(=O)O. The lowest BCUT2D eigenvalue weighted by Crippen LogP contribution is -2.03. The van der Waals surface area contributed by atoms with Crippen molar-refractivity contribution in [2.45, 2.75) is 6.92 Å². The smallest absolute Gasteiger partial charge is 0.354 e. The highest BCUT2D eigenvalue weighted by atomic mass is 35.5. The van der Waals surface area contributed by atoms with Gasteiger partial charge < -0.3 is 5.11 Å². The molecule has 0 amide bonds. The summed E-state index contributed by atoms with van der Waals surface area (Å²) < 4.78 is 0. The van der Waals surface area contributed by atoms with Crippen molar-refractivity contribution in [3.05, 3.63) is 39.5 Å². The van der Waals surface area contributed by atoms with Gasteiger partial charge in [0, 0.05) is 5.39 Å². The van der Waals surface area contributed by atoms with Crippen LogP contribution in [-0.2, 0) is 0 Å². The standard InChI is InChI=1S/C11H7Cl2NO2/c1-5-2-6-3-7(12)8(13)4-9(6)14-10(5)11(15)16/h2-4H,1H3,(H,15,16). The van der Waals surface area contributed by atoms with Gasteiger partial charge in [-0.2, -0.15) is 0 Å². The molecule has 1 heterocycles. The molecule has 1 N–H and O–H groups in total. The second kappa shape index (κ2) is 3.92. The average molecular weight is 256 g/mol. The number of aryl methyl sites for hydroxylation is 1. The Balaban J connectivity index is 2.79. The van der Waals surface area contributed by atoms with Gasteiger partial charge in [-0.05, 0) is 30.7 Å². The van der Waals surface area contributed by atoms with Crippen molar-refractivity contribution in [1.82, 2.24) is 4.98 Å². The summed E-state index contributed by atoms with van der Waals surface area (Å²) in [6.45, 7) is 1.69. The van der Waals surface area contributed by atoms with Gasteiger partial charge in [0.2, 0.25) is 0 Å². The zero-order valence-corrected chi connectivity index (χ0v) is 9.80. The number of carbonyl (C=O) groups is 1. The van der Waals surface area contributed by atoms with Gasteiger partial charge in [0.1, 0.15) is 0 Å². The predicted molar refractivity (Wildman–Crippen MR) is 63.5 cm³/mol. The van der Waals surface area contributed by atoms with E-state index >= 15 is 0 Å². The summed E-state index contributed by atoms with van der Waals surface area (Å²) in [4.78, 5) is 14.9. The Morgan fingerprint density at radius 3 is 2.50 bits per heavy atom. The Kier molecular flexibility index (Phi) is 2.74. The van der Waals surface area contributed by atoms with Crippen LogP contribution in [0.15, 0.2) is 18.2 Å². The minimum Gasteiger partial charge on any atom is -0.477 e. The quantitative estimate of drug-likeness (QED) is 0.848. The first-order chi connectivity index (χ1) is 7.49. The lowest BCUT2D eigenvalue weighted by molar-refractivity contribution is 0.0690. The fourth-order valence-electron chi connectivity index (χ4n) is 1.49. The number of aromatic nitrogens is 1. The van der Waals surface area contributed by atoms with Gasteiger partial charge in [-0.1, -0.05) is 23.2 Å². The van der Waals surface area contributed by atoms with Gasteiger partial charge in [0.15, 0.2) is 5.69 Å². The summed E-state index contributed by atoms with van der Waals surface area (Å²) >= 11 is 11.7. The molecule has 2 rings (SSSR count). The van der Waals surface area contributed by atoms with Crippen molar-refractivity contribution in [2.24, 2.45) is 0 Å². The lowest BCUT2D eigenvalue weighted by atomic mass is 10.1. The van der Waals surface area contributed by atoms with Crippen LogP contribution in [0.5, 0.6) is 0 Å². The van der Waals surface area contributed by atoms with Gasteiger partial charge in [0.05, 0.1) is 15.6 Å². The molecular weight excluding hydrogens is 249 g/mol. The molecule has 3 nitrogen and oxygen atoms in total. The van der Waals surface area contributed by atoms with Crippen LogP contribution in [0.3, 0.4) is 0 Å². The molecule has 0 unspecified atom stereocenters. The third-order valence-corrected chi connectivity index (χ3v) is 2.97. The first-order valence-electron chi connectivity index (χ1n) is 4.48. The topological polar surface area (TPSA) is 50.2 Å². The summed E-state index contributed by atoms with van der Waals surface area (Å²) in [6.07, 6.45) is 0. The molecule has 1 aromatic heterocycles. The molecule has 0 spiro atoms. The van der Waals surface area contributed by atoms with E-state index in [4.69, 9.17) is 28.3 Å². The molecule has 5 heteroatoms. The Labute approximate surface area is 102 Å². The van der Waals surface area contributed by atoms with Crippen LogP contribution < -0.4 is 0 Å². The predicted octanol–water partition coefficient (Wildman–Crippen LogP) is 3.55. The largest absolute Gasteiger partial charge is 0.477 e. The van der Waals surface area contributed by atoms with Crippen LogP contribution >= 0.6 is 23.2 Å². The molecule has 0 atom stereocenters.